The van der Waals surface area contributed by atoms with Gasteiger partial charge in [0.05, 0.1) is 62.1 Å². The molecule has 3 N–H and O–H groups in total. The molecule has 6 aromatic heterocycles. The molecule has 0 bridgehead atoms. The number of carbonyl (C=O) groups excluding carboxylic acids is 1. The van der Waals surface area contributed by atoms with Crippen LogP contribution in [0.15, 0.2) is 109 Å². The lowest BCUT2D eigenvalue weighted by Gasteiger charge is -2.13. The second-order valence-corrected chi connectivity index (χ2v) is 14.0. The average molecular weight is 737 g/mol. The zero-order valence-electron chi connectivity index (χ0n) is 28.3. The van der Waals surface area contributed by atoms with Crippen LogP contribution in [0, 0.1) is 0 Å². The van der Waals surface area contributed by atoms with Gasteiger partial charge in [-0.2, -0.15) is 0 Å². The molecular weight excluding hydrogens is 705 g/mol. The van der Waals surface area contributed by atoms with Crippen LogP contribution in [0.1, 0.15) is 37.1 Å². The van der Waals surface area contributed by atoms with Crippen molar-refractivity contribution < 1.29 is 4.79 Å². The van der Waals surface area contributed by atoms with Gasteiger partial charge in [-0.25, -0.2) is 19.9 Å². The highest BCUT2D eigenvalue weighted by Gasteiger charge is 2.24. The fourth-order valence-corrected chi connectivity index (χ4v) is 7.10. The van der Waals surface area contributed by atoms with Gasteiger partial charge in [0, 0.05) is 71.9 Å². The minimum atomic E-state index is 0.681. The Labute approximate surface area is 312 Å². The van der Waals surface area contributed by atoms with E-state index in [1.165, 1.54) is 22.4 Å². The first-order valence-electron chi connectivity index (χ1n) is 16.7. The third-order valence-electron chi connectivity index (χ3n) is 8.56. The van der Waals surface area contributed by atoms with Gasteiger partial charge < -0.3 is 16.0 Å². The molecule has 8 heterocycles. The molecular formula is C38H32N12OS2. The molecule has 10 rings (SSSR count). The lowest BCUT2D eigenvalue weighted by molar-refractivity contribution is 0.112. The minimum absolute atomic E-state index is 0.681. The Morgan fingerprint density at radius 1 is 0.679 bits per heavy atom. The number of rotatable bonds is 7. The standard InChI is InChI=1S/C19H16N6S.C15H13N5.C4H3NOS/c1-2-4-17-13(3-1)5-14(6-21-17)24-19-16-9-25(8-15-7-20-12-26-15)10-18(16)22-11-23-19;1-2-4-13-10(3-1)5-11(6-17-13)20-15-12-7-16-8-14(12)18-9-19-15;6-2-4-1-5-3-7-4/h1-7,11-12H,8-10H2,(H,22,23,24);1-6,9,16H,7-8H2,(H,18,19,20);1-3H. The number of aldehydes is 1. The molecule has 13 nitrogen and oxygen atoms in total. The van der Waals surface area contributed by atoms with Gasteiger partial charge in [0.1, 0.15) is 24.3 Å². The van der Waals surface area contributed by atoms with Crippen molar-refractivity contribution in [2.75, 3.05) is 10.6 Å². The Morgan fingerprint density at radius 3 is 1.94 bits per heavy atom. The van der Waals surface area contributed by atoms with Crippen LogP contribution in [0.3, 0.4) is 0 Å². The van der Waals surface area contributed by atoms with Crippen molar-refractivity contribution in [2.45, 2.75) is 32.7 Å². The molecule has 15 heteroatoms. The van der Waals surface area contributed by atoms with Crippen molar-refractivity contribution in [3.05, 3.63) is 141 Å². The number of hydrogen-bond acceptors (Lipinski definition) is 15. The number of fused-ring (bicyclic) bond motifs is 4. The Bertz CT molecular complexity index is 2480. The van der Waals surface area contributed by atoms with Gasteiger partial charge >= 0.3 is 0 Å². The first-order chi connectivity index (χ1) is 26.2. The number of benzene rings is 2. The maximum atomic E-state index is 9.84. The molecule has 0 radical (unpaired) electrons. The van der Waals surface area contributed by atoms with E-state index in [-0.39, 0.29) is 0 Å². The van der Waals surface area contributed by atoms with Gasteiger partial charge in [-0.3, -0.25) is 29.6 Å². The zero-order chi connectivity index (χ0) is 35.8. The number of hydrogen-bond donors (Lipinski definition) is 3. The van der Waals surface area contributed by atoms with Crippen molar-refractivity contribution in [3.8, 4) is 0 Å². The quantitative estimate of drug-likeness (QED) is 0.143. The topological polar surface area (TPSA) is 160 Å². The van der Waals surface area contributed by atoms with Crippen LogP contribution in [0.4, 0.5) is 23.0 Å². The van der Waals surface area contributed by atoms with Crippen molar-refractivity contribution >= 4 is 73.8 Å². The molecule has 2 aliphatic heterocycles. The Morgan fingerprint density at radius 2 is 1.32 bits per heavy atom. The fourth-order valence-electron chi connectivity index (χ4n) is 6.04. The highest BCUT2D eigenvalue weighted by molar-refractivity contribution is 7.11. The molecule has 2 aliphatic rings. The lowest BCUT2D eigenvalue weighted by atomic mass is 10.2. The number of pyridine rings is 2. The summed E-state index contributed by atoms with van der Waals surface area (Å²) in [6.07, 6.45) is 11.2. The molecule has 0 aliphatic carbocycles. The summed E-state index contributed by atoms with van der Waals surface area (Å²) in [5.41, 5.74) is 11.8. The van der Waals surface area contributed by atoms with E-state index < -0.39 is 0 Å². The maximum Gasteiger partial charge on any atom is 0.161 e. The first-order valence-corrected chi connectivity index (χ1v) is 18.5. The van der Waals surface area contributed by atoms with Crippen molar-refractivity contribution in [1.82, 2.24) is 50.1 Å². The molecule has 0 amide bonds. The lowest BCUT2D eigenvalue weighted by Crippen LogP contribution is -2.15. The summed E-state index contributed by atoms with van der Waals surface area (Å²) < 4.78 is 0. The summed E-state index contributed by atoms with van der Waals surface area (Å²) >= 11 is 3.03. The zero-order valence-corrected chi connectivity index (χ0v) is 29.9. The second-order valence-electron chi connectivity index (χ2n) is 12.1. The average Bonchev–Trinajstić information content (AvgIpc) is 4.04. The summed E-state index contributed by atoms with van der Waals surface area (Å²) in [6.45, 7) is 4.16. The Kier molecular flexibility index (Phi) is 10.3. The summed E-state index contributed by atoms with van der Waals surface area (Å²) in [5.74, 6) is 1.72. The molecule has 0 fully saturated rings. The number of anilines is 4. The monoisotopic (exact) mass is 736 g/mol. The van der Waals surface area contributed by atoms with Gasteiger partial charge in [-0.15, -0.1) is 22.7 Å². The number of nitrogens with zero attached hydrogens (tertiary/aromatic N) is 9. The van der Waals surface area contributed by atoms with Crippen LogP contribution in [-0.2, 0) is 32.7 Å². The van der Waals surface area contributed by atoms with E-state index in [0.717, 1.165) is 106 Å². The highest BCUT2D eigenvalue weighted by Crippen LogP contribution is 2.30. The third-order valence-corrected chi connectivity index (χ3v) is 10.0. The molecule has 8 aromatic rings. The summed E-state index contributed by atoms with van der Waals surface area (Å²) in [6, 6.07) is 20.3. The Balaban J connectivity index is 0.000000131. The van der Waals surface area contributed by atoms with Gasteiger partial charge in [-0.05, 0) is 24.3 Å². The van der Waals surface area contributed by atoms with Crippen molar-refractivity contribution in [1.29, 1.82) is 0 Å². The van der Waals surface area contributed by atoms with Crippen LogP contribution >= 0.6 is 22.7 Å². The molecule has 0 saturated carbocycles. The molecule has 0 unspecified atom stereocenters. The largest absolute Gasteiger partial charge is 0.339 e. The fraction of sp³-hybridized carbons (Fsp3) is 0.132. The number of carbonyl (C=O) groups is 1. The van der Waals surface area contributed by atoms with E-state index in [1.807, 2.05) is 60.5 Å². The van der Waals surface area contributed by atoms with E-state index in [4.69, 9.17) is 0 Å². The Hall–Kier alpha value is -6.13. The van der Waals surface area contributed by atoms with E-state index in [0.29, 0.717) is 4.88 Å². The summed E-state index contributed by atoms with van der Waals surface area (Å²) in [4.78, 5) is 48.5. The van der Waals surface area contributed by atoms with Crippen LogP contribution in [0.2, 0.25) is 0 Å². The third kappa shape index (κ3) is 8.18. The predicted molar refractivity (Wildman–Crippen MR) is 207 cm³/mol. The minimum Gasteiger partial charge on any atom is -0.339 e. The second kappa shape index (κ2) is 16.0. The number of thiazole rings is 2. The van der Waals surface area contributed by atoms with Crippen LogP contribution in [0.5, 0.6) is 0 Å². The smallest absolute Gasteiger partial charge is 0.161 e. The maximum absolute atomic E-state index is 9.84. The summed E-state index contributed by atoms with van der Waals surface area (Å²) in [7, 11) is 0. The van der Waals surface area contributed by atoms with E-state index >= 15 is 0 Å². The van der Waals surface area contributed by atoms with Crippen molar-refractivity contribution in [2.24, 2.45) is 0 Å². The number of nitrogens with one attached hydrogen (secondary N) is 3. The van der Waals surface area contributed by atoms with Gasteiger partial charge in [0.15, 0.2) is 6.29 Å². The molecule has 0 saturated heterocycles. The number of aromatic nitrogens is 8. The predicted octanol–water partition coefficient (Wildman–Crippen LogP) is 7.07. The highest BCUT2D eigenvalue weighted by atomic mass is 32.1. The van der Waals surface area contributed by atoms with Gasteiger partial charge in [0.25, 0.3) is 0 Å². The summed E-state index contributed by atoms with van der Waals surface area (Å²) in [5, 5.41) is 12.3. The molecule has 0 spiro atoms. The molecule has 262 valence electrons. The SMILES string of the molecule is O=Cc1cncs1.c1ccc2ncc(Nc3ncnc4c3CN(Cc3cncs3)C4)cc2c1.c1ccc2ncc(Nc3ncnc4c3CNC4)cc2c1. The van der Waals surface area contributed by atoms with E-state index in [9.17, 15) is 4.79 Å². The van der Waals surface area contributed by atoms with Gasteiger partial charge in [-0.1, -0.05) is 36.4 Å². The first kappa shape index (κ1) is 34.0. The van der Waals surface area contributed by atoms with Gasteiger partial charge in [0.2, 0.25) is 0 Å². The molecule has 2 aromatic carbocycles. The van der Waals surface area contributed by atoms with Crippen LogP contribution < -0.4 is 16.0 Å². The van der Waals surface area contributed by atoms with E-state index in [1.54, 1.807) is 29.5 Å². The molecule has 0 atom stereocenters. The normalized spacial score (nSPS) is 13.0. The molecule has 53 heavy (non-hydrogen) atoms. The number of para-hydroxylation sites is 2. The van der Waals surface area contributed by atoms with Crippen LogP contribution in [-0.4, -0.2) is 51.1 Å². The van der Waals surface area contributed by atoms with Crippen molar-refractivity contribution in [3.63, 3.8) is 0 Å². The van der Waals surface area contributed by atoms with Crippen LogP contribution in [0.25, 0.3) is 21.8 Å². The van der Waals surface area contributed by atoms with E-state index in [2.05, 4.69) is 85.0 Å².